The molecule has 0 fully saturated rings. The van der Waals surface area contributed by atoms with E-state index in [-0.39, 0.29) is 5.91 Å². The quantitative estimate of drug-likeness (QED) is 0.648. The highest BCUT2D eigenvalue weighted by atomic mass is 32.2. The molecule has 1 N–H and O–H groups in total. The summed E-state index contributed by atoms with van der Waals surface area (Å²) >= 11 is 1.84. The van der Waals surface area contributed by atoms with Crippen molar-refractivity contribution >= 4 is 17.7 Å². The van der Waals surface area contributed by atoms with Crippen LogP contribution in [0.25, 0.3) is 0 Å². The second kappa shape index (κ2) is 10.9. The third kappa shape index (κ3) is 7.50. The van der Waals surface area contributed by atoms with Crippen LogP contribution < -0.4 is 10.1 Å². The Kier molecular flexibility index (Phi) is 8.51. The summed E-state index contributed by atoms with van der Waals surface area (Å²) in [6.45, 7) is 3.93. The number of thioether (sulfide) groups is 1. The van der Waals surface area contributed by atoms with Gasteiger partial charge >= 0.3 is 0 Å². The number of nitrogens with one attached hydrogen (secondary N) is 1. The van der Waals surface area contributed by atoms with Crippen molar-refractivity contribution in [1.29, 1.82) is 0 Å². The van der Waals surface area contributed by atoms with E-state index in [2.05, 4.69) is 36.5 Å². The summed E-state index contributed by atoms with van der Waals surface area (Å²) in [5.41, 5.74) is 3.77. The number of ether oxygens (including phenoxy) is 1. The lowest BCUT2D eigenvalue weighted by Gasteiger charge is -2.16. The van der Waals surface area contributed by atoms with Crippen molar-refractivity contribution in [2.24, 2.45) is 0 Å². The Morgan fingerprint density at radius 1 is 1.08 bits per heavy atom. The predicted octanol–water partition coefficient (Wildman–Crippen LogP) is 3.49. The van der Waals surface area contributed by atoms with Crippen LogP contribution in [0.2, 0.25) is 0 Å². The van der Waals surface area contributed by atoms with Crippen LogP contribution in [0.1, 0.15) is 16.7 Å². The van der Waals surface area contributed by atoms with E-state index in [1.54, 1.807) is 7.11 Å². The molecule has 0 heterocycles. The number of likely N-dealkylation sites (N-methyl/N-ethyl adjacent to an activating group) is 1. The maximum Gasteiger partial charge on any atom is 0.234 e. The molecule has 0 spiro atoms. The molecule has 0 aromatic heterocycles. The van der Waals surface area contributed by atoms with Gasteiger partial charge in [0.05, 0.1) is 13.7 Å². The molecule has 1 amide bonds. The second-order valence-electron chi connectivity index (χ2n) is 6.41. The van der Waals surface area contributed by atoms with Crippen LogP contribution in [0.3, 0.4) is 0 Å². The molecular weight excluding hydrogens is 344 g/mol. The second-order valence-corrected chi connectivity index (χ2v) is 7.51. The molecule has 0 radical (unpaired) electrons. The zero-order valence-corrected chi connectivity index (χ0v) is 16.6. The number of carbonyl (C=O) groups is 1. The smallest absolute Gasteiger partial charge is 0.234 e. The zero-order chi connectivity index (χ0) is 18.8. The van der Waals surface area contributed by atoms with Crippen LogP contribution in [0, 0.1) is 6.92 Å². The van der Waals surface area contributed by atoms with Gasteiger partial charge in [-0.3, -0.25) is 9.69 Å². The van der Waals surface area contributed by atoms with Gasteiger partial charge in [-0.05, 0) is 37.2 Å². The van der Waals surface area contributed by atoms with Crippen molar-refractivity contribution in [2.45, 2.75) is 19.2 Å². The highest BCUT2D eigenvalue weighted by molar-refractivity contribution is 7.98. The number of benzene rings is 2. The number of amides is 1. The molecule has 4 nitrogen and oxygen atoms in total. The van der Waals surface area contributed by atoms with Crippen LogP contribution in [0.15, 0.2) is 48.5 Å². The van der Waals surface area contributed by atoms with Crippen LogP contribution in [0.4, 0.5) is 0 Å². The first-order chi connectivity index (χ1) is 12.6. The molecule has 0 saturated carbocycles. The highest BCUT2D eigenvalue weighted by Crippen LogP contribution is 2.13. The van der Waals surface area contributed by atoms with Gasteiger partial charge in [-0.2, -0.15) is 11.8 Å². The molecule has 5 heteroatoms. The fourth-order valence-corrected chi connectivity index (χ4v) is 3.36. The summed E-state index contributed by atoms with van der Waals surface area (Å²) in [5, 5.41) is 2.99. The first kappa shape index (κ1) is 20.3. The standard InChI is InChI=1S/C21H28N2O2S/c1-17-4-6-19(7-5-17)16-26-13-12-22-21(24)15-23(2)14-18-8-10-20(25-3)11-9-18/h4-11H,12-16H2,1-3H3,(H,22,24). The van der Waals surface area contributed by atoms with Crippen molar-refractivity contribution in [1.82, 2.24) is 10.2 Å². The van der Waals surface area contributed by atoms with Crippen molar-refractivity contribution in [2.75, 3.05) is 33.0 Å². The van der Waals surface area contributed by atoms with E-state index in [1.165, 1.54) is 11.1 Å². The largest absolute Gasteiger partial charge is 0.497 e. The summed E-state index contributed by atoms with van der Waals surface area (Å²) in [4.78, 5) is 14.0. The third-order valence-corrected chi connectivity index (χ3v) is 5.01. The van der Waals surface area contributed by atoms with Crippen molar-refractivity contribution in [3.8, 4) is 5.75 Å². The minimum atomic E-state index is 0.0666. The van der Waals surface area contributed by atoms with Gasteiger partial charge in [-0.15, -0.1) is 0 Å². The van der Waals surface area contributed by atoms with Gasteiger partial charge in [0.1, 0.15) is 5.75 Å². The molecule has 0 unspecified atom stereocenters. The first-order valence-corrected chi connectivity index (χ1v) is 9.94. The van der Waals surface area contributed by atoms with Crippen LogP contribution >= 0.6 is 11.8 Å². The first-order valence-electron chi connectivity index (χ1n) is 8.78. The Morgan fingerprint density at radius 3 is 2.38 bits per heavy atom. The average Bonchev–Trinajstić information content (AvgIpc) is 2.63. The van der Waals surface area contributed by atoms with E-state index >= 15 is 0 Å². The Balaban J connectivity index is 1.59. The molecule has 2 rings (SSSR count). The third-order valence-electron chi connectivity index (χ3n) is 3.98. The SMILES string of the molecule is COc1ccc(CN(C)CC(=O)NCCSCc2ccc(C)cc2)cc1. The van der Waals surface area contributed by atoms with Gasteiger partial charge in [-0.1, -0.05) is 42.0 Å². The fourth-order valence-electron chi connectivity index (χ4n) is 2.54. The number of carbonyl (C=O) groups excluding carboxylic acids is 1. The molecular formula is C21H28N2O2S. The number of nitrogens with zero attached hydrogens (tertiary/aromatic N) is 1. The molecule has 0 saturated heterocycles. The molecule has 26 heavy (non-hydrogen) atoms. The summed E-state index contributed by atoms with van der Waals surface area (Å²) in [7, 11) is 3.61. The van der Waals surface area contributed by atoms with Crippen LogP contribution in [-0.2, 0) is 17.1 Å². The van der Waals surface area contributed by atoms with Gasteiger partial charge in [0.15, 0.2) is 0 Å². The molecule has 2 aromatic rings. The maximum atomic E-state index is 12.0. The van der Waals surface area contributed by atoms with E-state index in [1.807, 2.05) is 48.0 Å². The summed E-state index contributed by atoms with van der Waals surface area (Å²) in [6, 6.07) is 16.5. The van der Waals surface area contributed by atoms with Gasteiger partial charge in [0.25, 0.3) is 0 Å². The number of hydrogen-bond donors (Lipinski definition) is 1. The average molecular weight is 373 g/mol. The van der Waals surface area contributed by atoms with E-state index in [0.717, 1.165) is 29.4 Å². The Hall–Kier alpha value is -1.98. The number of aryl methyl sites for hydroxylation is 1. The Labute approximate surface area is 160 Å². The normalized spacial score (nSPS) is 10.8. The van der Waals surface area contributed by atoms with E-state index < -0.39 is 0 Å². The number of hydrogen-bond acceptors (Lipinski definition) is 4. The van der Waals surface area contributed by atoms with Crippen LogP contribution in [0.5, 0.6) is 5.75 Å². The maximum absolute atomic E-state index is 12.0. The predicted molar refractivity (Wildman–Crippen MR) is 110 cm³/mol. The van der Waals surface area contributed by atoms with Crippen molar-refractivity contribution in [3.63, 3.8) is 0 Å². The Morgan fingerprint density at radius 2 is 1.73 bits per heavy atom. The van der Waals surface area contributed by atoms with Crippen LogP contribution in [-0.4, -0.2) is 43.8 Å². The zero-order valence-electron chi connectivity index (χ0n) is 15.8. The minimum absolute atomic E-state index is 0.0666. The summed E-state index contributed by atoms with van der Waals surface area (Å²) in [5.74, 6) is 2.81. The van der Waals surface area contributed by atoms with Crippen molar-refractivity contribution < 1.29 is 9.53 Å². The molecule has 0 aliphatic carbocycles. The van der Waals surface area contributed by atoms with E-state index in [9.17, 15) is 4.79 Å². The molecule has 0 atom stereocenters. The van der Waals surface area contributed by atoms with Gasteiger partial charge < -0.3 is 10.1 Å². The molecule has 0 bridgehead atoms. The lowest BCUT2D eigenvalue weighted by molar-refractivity contribution is -0.121. The Bertz CT molecular complexity index is 671. The molecule has 0 aliphatic rings. The lowest BCUT2D eigenvalue weighted by atomic mass is 10.2. The number of rotatable bonds is 10. The molecule has 2 aromatic carbocycles. The van der Waals surface area contributed by atoms with Gasteiger partial charge in [0.2, 0.25) is 5.91 Å². The van der Waals surface area contributed by atoms with Gasteiger partial charge in [0, 0.05) is 24.6 Å². The monoisotopic (exact) mass is 372 g/mol. The van der Waals surface area contributed by atoms with E-state index in [4.69, 9.17) is 4.74 Å². The van der Waals surface area contributed by atoms with Crippen molar-refractivity contribution in [3.05, 3.63) is 65.2 Å². The number of methoxy groups -OCH3 is 1. The molecule has 140 valence electrons. The van der Waals surface area contributed by atoms with E-state index in [0.29, 0.717) is 13.1 Å². The summed E-state index contributed by atoms with van der Waals surface area (Å²) < 4.78 is 5.16. The summed E-state index contributed by atoms with van der Waals surface area (Å²) in [6.07, 6.45) is 0. The highest BCUT2D eigenvalue weighted by Gasteiger charge is 2.07. The fraction of sp³-hybridized carbons (Fsp3) is 0.381. The topological polar surface area (TPSA) is 41.6 Å². The van der Waals surface area contributed by atoms with Gasteiger partial charge in [-0.25, -0.2) is 0 Å². The minimum Gasteiger partial charge on any atom is -0.497 e. The molecule has 0 aliphatic heterocycles. The lowest BCUT2D eigenvalue weighted by Crippen LogP contribution is -2.35.